The maximum absolute atomic E-state index is 11.6. The van der Waals surface area contributed by atoms with E-state index in [1.54, 1.807) is 6.08 Å². The van der Waals surface area contributed by atoms with Crippen LogP contribution in [0.1, 0.15) is 58.3 Å². The van der Waals surface area contributed by atoms with Gasteiger partial charge in [0.1, 0.15) is 6.10 Å². The molecule has 3 heteroatoms. The van der Waals surface area contributed by atoms with Crippen molar-refractivity contribution >= 4 is 5.97 Å². The molecule has 0 saturated carbocycles. The molecule has 1 N–H and O–H groups in total. The zero-order chi connectivity index (χ0) is 16.8. The molecule has 0 amide bonds. The molecular formula is C20H30O3. The molecule has 0 aliphatic carbocycles. The van der Waals surface area contributed by atoms with Crippen LogP contribution in [0.5, 0.6) is 0 Å². The molecular weight excluding hydrogens is 288 g/mol. The van der Waals surface area contributed by atoms with Gasteiger partial charge in [0.25, 0.3) is 0 Å². The topological polar surface area (TPSA) is 46.5 Å². The van der Waals surface area contributed by atoms with E-state index in [2.05, 4.69) is 13.0 Å². The van der Waals surface area contributed by atoms with E-state index >= 15 is 0 Å². The molecule has 23 heavy (non-hydrogen) atoms. The minimum Gasteiger partial charge on any atom is -0.455 e. The molecule has 0 aromatic heterocycles. The van der Waals surface area contributed by atoms with Crippen molar-refractivity contribution in [2.45, 2.75) is 70.5 Å². The van der Waals surface area contributed by atoms with Crippen molar-refractivity contribution in [1.29, 1.82) is 0 Å². The van der Waals surface area contributed by atoms with Crippen LogP contribution in [0.2, 0.25) is 0 Å². The van der Waals surface area contributed by atoms with Crippen molar-refractivity contribution in [2.75, 3.05) is 0 Å². The Bertz CT molecular complexity index is 432. The van der Waals surface area contributed by atoms with E-state index in [1.807, 2.05) is 36.5 Å². The Kier molecular flexibility index (Phi) is 10.9. The number of hydrogen-bond donors (Lipinski definition) is 1. The predicted molar refractivity (Wildman–Crippen MR) is 95.1 cm³/mol. The van der Waals surface area contributed by atoms with Crippen molar-refractivity contribution in [3.8, 4) is 0 Å². The van der Waals surface area contributed by atoms with Crippen molar-refractivity contribution in [2.24, 2.45) is 0 Å². The summed E-state index contributed by atoms with van der Waals surface area (Å²) < 4.78 is 5.30. The van der Waals surface area contributed by atoms with Crippen LogP contribution in [0.25, 0.3) is 0 Å². The Morgan fingerprint density at radius 2 is 2.00 bits per heavy atom. The Labute approximate surface area is 140 Å². The molecule has 1 aliphatic rings. The normalized spacial score (nSPS) is 24.7. The lowest BCUT2D eigenvalue weighted by Crippen LogP contribution is -2.28. The van der Waals surface area contributed by atoms with Crippen molar-refractivity contribution in [3.05, 3.63) is 48.6 Å². The number of aliphatic hydroxyl groups excluding tert-OH is 1. The summed E-state index contributed by atoms with van der Waals surface area (Å²) in [6, 6.07) is 0. The number of carbonyl (C=O) groups excluding carboxylic acids is 1. The van der Waals surface area contributed by atoms with Gasteiger partial charge in [-0.3, -0.25) is 4.79 Å². The molecule has 128 valence electrons. The van der Waals surface area contributed by atoms with Gasteiger partial charge in [-0.15, -0.1) is 0 Å². The summed E-state index contributed by atoms with van der Waals surface area (Å²) in [4.78, 5) is 11.6. The summed E-state index contributed by atoms with van der Waals surface area (Å²) in [6.07, 6.45) is 21.9. The van der Waals surface area contributed by atoms with E-state index in [9.17, 15) is 9.90 Å². The van der Waals surface area contributed by atoms with E-state index in [0.29, 0.717) is 19.3 Å². The van der Waals surface area contributed by atoms with E-state index < -0.39 is 12.2 Å². The number of carbonyl (C=O) groups is 1. The van der Waals surface area contributed by atoms with Crippen molar-refractivity contribution < 1.29 is 14.6 Å². The van der Waals surface area contributed by atoms with Gasteiger partial charge >= 0.3 is 5.97 Å². The van der Waals surface area contributed by atoms with Gasteiger partial charge in [-0.25, -0.2) is 0 Å². The average molecular weight is 318 g/mol. The number of allylic oxidation sites excluding steroid dienone is 6. The molecule has 0 fully saturated rings. The zero-order valence-corrected chi connectivity index (χ0v) is 14.2. The van der Waals surface area contributed by atoms with Crippen LogP contribution >= 0.6 is 0 Å². The standard InChI is InChI=1S/C20H30O3/c1-2-3-4-5-6-7-8-9-10-13-16-19-18(21)15-12-11-14-17-20(22)23-19/h7-13,16,18-19,21H,2-6,14-15,17H2,1H3/b8-7+,10-9+,12-11-,16-13+/t18-,19-/m0/s1. The maximum Gasteiger partial charge on any atom is 0.306 e. The fourth-order valence-corrected chi connectivity index (χ4v) is 2.31. The first-order chi connectivity index (χ1) is 11.2. The minimum atomic E-state index is -0.688. The fraction of sp³-hybridized carbons (Fsp3) is 0.550. The molecule has 3 nitrogen and oxygen atoms in total. The lowest BCUT2D eigenvalue weighted by molar-refractivity contribution is -0.151. The number of esters is 1. The first-order valence-corrected chi connectivity index (χ1v) is 8.76. The Morgan fingerprint density at radius 1 is 1.17 bits per heavy atom. The maximum atomic E-state index is 11.6. The van der Waals surface area contributed by atoms with Crippen LogP contribution in [0.3, 0.4) is 0 Å². The highest BCUT2D eigenvalue weighted by Gasteiger charge is 2.20. The monoisotopic (exact) mass is 318 g/mol. The molecule has 2 atom stereocenters. The molecule has 1 rings (SSSR count). The second-order valence-corrected chi connectivity index (χ2v) is 5.81. The Morgan fingerprint density at radius 3 is 2.83 bits per heavy atom. The number of hydrogen-bond acceptors (Lipinski definition) is 3. The number of cyclic esters (lactones) is 1. The van der Waals surface area contributed by atoms with Gasteiger partial charge < -0.3 is 9.84 Å². The van der Waals surface area contributed by atoms with Crippen molar-refractivity contribution in [3.63, 3.8) is 0 Å². The summed E-state index contributed by atoms with van der Waals surface area (Å²) in [5.41, 5.74) is 0. The lowest BCUT2D eigenvalue weighted by Gasteiger charge is -2.18. The van der Waals surface area contributed by atoms with Gasteiger partial charge in [0.15, 0.2) is 0 Å². The SMILES string of the molecule is CCCCCC/C=C/C=C/C=C/[C@@H]1OC(=O)CC/C=C\C[C@@H]1O. The summed E-state index contributed by atoms with van der Waals surface area (Å²) in [5, 5.41) is 10.0. The van der Waals surface area contributed by atoms with Gasteiger partial charge in [0, 0.05) is 6.42 Å². The van der Waals surface area contributed by atoms with Crippen molar-refractivity contribution in [1.82, 2.24) is 0 Å². The number of unbranched alkanes of at least 4 members (excludes halogenated alkanes) is 4. The molecule has 0 saturated heterocycles. The van der Waals surface area contributed by atoms with E-state index in [-0.39, 0.29) is 5.97 Å². The first kappa shape index (κ1) is 19.4. The van der Waals surface area contributed by atoms with Crippen LogP contribution in [0.15, 0.2) is 48.6 Å². The predicted octanol–water partition coefficient (Wildman–Crippen LogP) is 4.64. The van der Waals surface area contributed by atoms with E-state index in [1.165, 1.54) is 25.7 Å². The lowest BCUT2D eigenvalue weighted by atomic mass is 10.1. The first-order valence-electron chi connectivity index (χ1n) is 8.76. The molecule has 0 bridgehead atoms. The number of rotatable bonds is 8. The minimum absolute atomic E-state index is 0.263. The quantitative estimate of drug-likeness (QED) is 0.307. The number of ether oxygens (including phenoxy) is 1. The molecule has 0 aromatic rings. The molecule has 0 aromatic carbocycles. The van der Waals surface area contributed by atoms with Crippen LogP contribution in [0, 0.1) is 0 Å². The molecule has 1 aliphatic heterocycles. The summed E-state index contributed by atoms with van der Waals surface area (Å²) in [5.74, 6) is -0.263. The third-order valence-electron chi connectivity index (χ3n) is 3.70. The Balaban J connectivity index is 2.35. The second-order valence-electron chi connectivity index (χ2n) is 5.81. The van der Waals surface area contributed by atoms with Crippen LogP contribution in [0.4, 0.5) is 0 Å². The molecule has 0 spiro atoms. The van der Waals surface area contributed by atoms with Gasteiger partial charge in [-0.05, 0) is 31.8 Å². The van der Waals surface area contributed by atoms with Gasteiger partial charge in [-0.1, -0.05) is 68.7 Å². The molecule has 1 heterocycles. The van der Waals surface area contributed by atoms with Gasteiger partial charge in [-0.2, -0.15) is 0 Å². The highest BCUT2D eigenvalue weighted by Crippen LogP contribution is 2.12. The molecule has 0 radical (unpaired) electrons. The highest BCUT2D eigenvalue weighted by molar-refractivity contribution is 5.70. The van der Waals surface area contributed by atoms with Crippen LogP contribution in [-0.2, 0) is 9.53 Å². The largest absolute Gasteiger partial charge is 0.455 e. The zero-order valence-electron chi connectivity index (χ0n) is 14.2. The third kappa shape index (κ3) is 9.90. The molecule has 0 unspecified atom stereocenters. The smallest absolute Gasteiger partial charge is 0.306 e. The van der Waals surface area contributed by atoms with Crippen LogP contribution < -0.4 is 0 Å². The average Bonchev–Trinajstić information content (AvgIpc) is 2.61. The summed E-state index contributed by atoms with van der Waals surface area (Å²) in [6.45, 7) is 2.22. The van der Waals surface area contributed by atoms with Crippen LogP contribution in [-0.4, -0.2) is 23.3 Å². The van der Waals surface area contributed by atoms with E-state index in [0.717, 1.165) is 6.42 Å². The summed E-state index contributed by atoms with van der Waals surface area (Å²) in [7, 11) is 0. The summed E-state index contributed by atoms with van der Waals surface area (Å²) >= 11 is 0. The third-order valence-corrected chi connectivity index (χ3v) is 3.70. The Hall–Kier alpha value is -1.61. The number of aliphatic hydroxyl groups is 1. The van der Waals surface area contributed by atoms with E-state index in [4.69, 9.17) is 4.74 Å². The second kappa shape index (κ2) is 12.9. The van der Waals surface area contributed by atoms with Gasteiger partial charge in [0.05, 0.1) is 6.10 Å². The fourth-order valence-electron chi connectivity index (χ4n) is 2.31. The van der Waals surface area contributed by atoms with Gasteiger partial charge in [0.2, 0.25) is 0 Å². The highest BCUT2D eigenvalue weighted by atomic mass is 16.6.